The summed E-state index contributed by atoms with van der Waals surface area (Å²) in [4.78, 5) is 48.4. The van der Waals surface area contributed by atoms with Crippen LogP contribution in [0, 0.1) is 0 Å². The Morgan fingerprint density at radius 3 is 1.96 bits per heavy atom. The fourth-order valence-corrected chi connectivity index (χ4v) is 2.76. The van der Waals surface area contributed by atoms with Crippen LogP contribution >= 0.6 is 0 Å². The van der Waals surface area contributed by atoms with Gasteiger partial charge in [-0.2, -0.15) is 0 Å². The molecule has 1 aliphatic heterocycles. The Bertz CT molecular complexity index is 729. The number of carbonyl (C=O) groups excluding carboxylic acids is 4. The van der Waals surface area contributed by atoms with Gasteiger partial charge in [0.05, 0.1) is 7.11 Å². The van der Waals surface area contributed by atoms with E-state index >= 15 is 0 Å². The molecule has 0 radical (unpaired) electrons. The Morgan fingerprint density at radius 2 is 1.48 bits per heavy atom. The molecular formula is C18H21NO8. The maximum Gasteiger partial charge on any atom is 0.304 e. The van der Waals surface area contributed by atoms with E-state index in [-0.39, 0.29) is 6.54 Å². The maximum atomic E-state index is 12.8. The highest BCUT2D eigenvalue weighted by molar-refractivity contribution is 5.87. The third-order valence-electron chi connectivity index (χ3n) is 3.81. The van der Waals surface area contributed by atoms with Crippen molar-refractivity contribution >= 4 is 23.8 Å². The minimum Gasteiger partial charge on any atom is -0.497 e. The average Bonchev–Trinajstić information content (AvgIpc) is 2.80. The lowest BCUT2D eigenvalue weighted by molar-refractivity contribution is -0.180. The summed E-state index contributed by atoms with van der Waals surface area (Å²) in [7, 11) is 1.53. The number of carbonyl (C=O) groups is 4. The first-order valence-electron chi connectivity index (χ1n) is 8.18. The zero-order chi connectivity index (χ0) is 20.1. The minimum absolute atomic E-state index is 0.0519. The summed E-state index contributed by atoms with van der Waals surface area (Å²) in [5, 5.41) is 0. The van der Waals surface area contributed by atoms with Crippen molar-refractivity contribution in [3.63, 3.8) is 0 Å². The van der Waals surface area contributed by atoms with Crippen molar-refractivity contribution < 1.29 is 38.1 Å². The van der Waals surface area contributed by atoms with Crippen LogP contribution in [-0.4, -0.2) is 54.3 Å². The van der Waals surface area contributed by atoms with Crippen molar-refractivity contribution in [3.05, 3.63) is 29.8 Å². The van der Waals surface area contributed by atoms with Crippen molar-refractivity contribution in [1.29, 1.82) is 0 Å². The topological polar surface area (TPSA) is 108 Å². The number of hydrogen-bond acceptors (Lipinski definition) is 8. The van der Waals surface area contributed by atoms with E-state index in [1.165, 1.54) is 18.9 Å². The SMILES string of the molecule is COc1ccc(CN2C(=O)[C@@H](OC(C)=O)[C@H](OC(C)=O)C2OC(C)=O)cc1. The van der Waals surface area contributed by atoms with Crippen LogP contribution in [0.5, 0.6) is 5.75 Å². The van der Waals surface area contributed by atoms with E-state index in [1.54, 1.807) is 24.3 Å². The first-order valence-corrected chi connectivity index (χ1v) is 8.18. The van der Waals surface area contributed by atoms with Gasteiger partial charge in [0.25, 0.3) is 5.91 Å². The molecule has 1 unspecified atom stereocenters. The van der Waals surface area contributed by atoms with Gasteiger partial charge in [0.15, 0.2) is 0 Å². The highest BCUT2D eigenvalue weighted by Crippen LogP contribution is 2.29. The molecule has 2 rings (SSSR count). The fourth-order valence-electron chi connectivity index (χ4n) is 2.76. The summed E-state index contributed by atoms with van der Waals surface area (Å²) in [6.45, 7) is 3.49. The summed E-state index contributed by atoms with van der Waals surface area (Å²) in [6, 6.07) is 6.89. The van der Waals surface area contributed by atoms with Gasteiger partial charge in [-0.15, -0.1) is 0 Å². The smallest absolute Gasteiger partial charge is 0.304 e. The van der Waals surface area contributed by atoms with Crippen molar-refractivity contribution in [1.82, 2.24) is 4.90 Å². The monoisotopic (exact) mass is 379 g/mol. The third-order valence-corrected chi connectivity index (χ3v) is 3.81. The van der Waals surface area contributed by atoms with Gasteiger partial charge in [0.1, 0.15) is 5.75 Å². The molecule has 1 fully saturated rings. The van der Waals surface area contributed by atoms with Crippen LogP contribution in [0.4, 0.5) is 0 Å². The normalized spacial score (nSPS) is 21.6. The summed E-state index contributed by atoms with van der Waals surface area (Å²) >= 11 is 0. The summed E-state index contributed by atoms with van der Waals surface area (Å²) in [5.41, 5.74) is 0.714. The first-order chi connectivity index (χ1) is 12.7. The van der Waals surface area contributed by atoms with E-state index in [0.29, 0.717) is 11.3 Å². The first kappa shape index (κ1) is 20.2. The molecule has 0 N–H and O–H groups in total. The molecule has 1 saturated heterocycles. The quantitative estimate of drug-likeness (QED) is 0.527. The predicted molar refractivity (Wildman–Crippen MR) is 90.2 cm³/mol. The van der Waals surface area contributed by atoms with Crippen molar-refractivity contribution in [2.45, 2.75) is 45.8 Å². The molecule has 1 aromatic carbocycles. The standard InChI is InChI=1S/C18H21NO8/c1-10(20)25-15-16(26-11(2)21)18(27-12(3)22)19(17(15)23)9-13-5-7-14(24-4)8-6-13/h5-8,15-16,18H,9H2,1-4H3/t15-,16-,18?/m0/s1. The Balaban J connectivity index is 2.34. The molecule has 9 heteroatoms. The molecule has 0 aromatic heterocycles. The number of hydrogen-bond donors (Lipinski definition) is 0. The number of methoxy groups -OCH3 is 1. The molecule has 1 aromatic rings. The Hall–Kier alpha value is -3.10. The molecule has 3 atom stereocenters. The highest BCUT2D eigenvalue weighted by atomic mass is 16.6. The number of rotatable bonds is 6. The highest BCUT2D eigenvalue weighted by Gasteiger charge is 2.54. The maximum absolute atomic E-state index is 12.8. The lowest BCUT2D eigenvalue weighted by Gasteiger charge is -2.26. The molecule has 0 bridgehead atoms. The molecule has 9 nitrogen and oxygen atoms in total. The molecule has 146 valence electrons. The van der Waals surface area contributed by atoms with E-state index in [2.05, 4.69) is 0 Å². The van der Waals surface area contributed by atoms with Gasteiger partial charge in [0, 0.05) is 27.3 Å². The Morgan fingerprint density at radius 1 is 0.926 bits per heavy atom. The Kier molecular flexibility index (Phi) is 6.38. The lowest BCUT2D eigenvalue weighted by atomic mass is 10.2. The second-order valence-corrected chi connectivity index (χ2v) is 5.92. The number of likely N-dealkylation sites (tertiary alicyclic amines) is 1. The van der Waals surface area contributed by atoms with Crippen LogP contribution in [0.15, 0.2) is 24.3 Å². The van der Waals surface area contributed by atoms with Gasteiger partial charge in [-0.05, 0) is 17.7 Å². The molecule has 1 amide bonds. The third kappa shape index (κ3) is 4.96. The zero-order valence-electron chi connectivity index (χ0n) is 15.5. The molecule has 1 aliphatic rings. The number of benzene rings is 1. The number of nitrogens with zero attached hydrogens (tertiary/aromatic N) is 1. The molecule has 1 heterocycles. The summed E-state index contributed by atoms with van der Waals surface area (Å²) < 4.78 is 20.5. The van der Waals surface area contributed by atoms with Crippen molar-refractivity contribution in [2.24, 2.45) is 0 Å². The van der Waals surface area contributed by atoms with Gasteiger partial charge in [-0.3, -0.25) is 24.1 Å². The molecule has 27 heavy (non-hydrogen) atoms. The van der Waals surface area contributed by atoms with Crippen LogP contribution in [0.2, 0.25) is 0 Å². The van der Waals surface area contributed by atoms with Crippen LogP contribution in [-0.2, 0) is 39.9 Å². The average molecular weight is 379 g/mol. The second kappa shape index (κ2) is 8.52. The second-order valence-electron chi connectivity index (χ2n) is 5.92. The van der Waals surface area contributed by atoms with Crippen LogP contribution in [0.3, 0.4) is 0 Å². The summed E-state index contributed by atoms with van der Waals surface area (Å²) in [5.74, 6) is -2.09. The van der Waals surface area contributed by atoms with Gasteiger partial charge in [0.2, 0.25) is 18.4 Å². The van der Waals surface area contributed by atoms with Crippen molar-refractivity contribution in [3.8, 4) is 5.75 Å². The van der Waals surface area contributed by atoms with Crippen LogP contribution < -0.4 is 4.74 Å². The Labute approximate surface area is 156 Å². The van der Waals surface area contributed by atoms with E-state index in [1.807, 2.05) is 0 Å². The molecule has 0 aliphatic carbocycles. The predicted octanol–water partition coefficient (Wildman–Crippen LogP) is 0.790. The van der Waals surface area contributed by atoms with Gasteiger partial charge >= 0.3 is 17.9 Å². The van der Waals surface area contributed by atoms with Gasteiger partial charge in [-0.1, -0.05) is 12.1 Å². The van der Waals surface area contributed by atoms with Gasteiger partial charge in [-0.25, -0.2) is 0 Å². The number of ether oxygens (including phenoxy) is 4. The van der Waals surface area contributed by atoms with E-state index in [0.717, 1.165) is 13.8 Å². The lowest BCUT2D eigenvalue weighted by Crippen LogP contribution is -2.42. The fraction of sp³-hybridized carbons (Fsp3) is 0.444. The largest absolute Gasteiger partial charge is 0.497 e. The van der Waals surface area contributed by atoms with E-state index in [4.69, 9.17) is 18.9 Å². The molecule has 0 saturated carbocycles. The molecular weight excluding hydrogens is 358 g/mol. The van der Waals surface area contributed by atoms with Crippen molar-refractivity contribution in [2.75, 3.05) is 7.11 Å². The van der Waals surface area contributed by atoms with E-state index < -0.39 is 42.3 Å². The van der Waals surface area contributed by atoms with Crippen LogP contribution in [0.1, 0.15) is 26.3 Å². The minimum atomic E-state index is -1.39. The summed E-state index contributed by atoms with van der Waals surface area (Å²) in [6.07, 6.45) is -3.87. The molecule has 0 spiro atoms. The zero-order valence-corrected chi connectivity index (χ0v) is 15.5. The number of amides is 1. The van der Waals surface area contributed by atoms with Gasteiger partial charge < -0.3 is 18.9 Å². The number of esters is 3. The van der Waals surface area contributed by atoms with E-state index in [9.17, 15) is 19.2 Å². The van der Waals surface area contributed by atoms with Crippen LogP contribution in [0.25, 0.3) is 0 Å².